The first-order valence-electron chi connectivity index (χ1n) is 5.38. The zero-order valence-corrected chi connectivity index (χ0v) is 10.5. The van der Waals surface area contributed by atoms with Gasteiger partial charge in [-0.1, -0.05) is 23.7 Å². The number of ketones is 1. The number of alkyl halides is 3. The van der Waals surface area contributed by atoms with Gasteiger partial charge in [-0.05, 0) is 11.6 Å². The van der Waals surface area contributed by atoms with Crippen molar-refractivity contribution >= 4 is 17.4 Å². The van der Waals surface area contributed by atoms with Crippen LogP contribution in [0.1, 0.15) is 12.0 Å². The summed E-state index contributed by atoms with van der Waals surface area (Å²) in [5, 5.41) is -0.0985. The van der Waals surface area contributed by atoms with Crippen LogP contribution in [0.25, 0.3) is 0 Å². The fourth-order valence-electron chi connectivity index (χ4n) is 1.36. The Kier molecular flexibility index (Phi) is 5.75. The largest absolute Gasteiger partial charge is 0.411 e. The van der Waals surface area contributed by atoms with Crippen molar-refractivity contribution in [1.29, 1.82) is 0 Å². The molecule has 106 valence electrons. The molecule has 2 nitrogen and oxygen atoms in total. The second kappa shape index (κ2) is 6.86. The third-order valence-corrected chi connectivity index (χ3v) is 2.50. The molecule has 0 atom stereocenters. The maximum absolute atomic E-state index is 13.4. The normalized spacial score (nSPS) is 11.6. The molecule has 1 aromatic carbocycles. The standard InChI is InChI=1S/C12H11ClF4O2/c13-10-3-1-2-8(11(10)14)6-9(18)4-5-19-7-12(15,16)17/h1-3H,4-7H2. The molecule has 0 bridgehead atoms. The molecule has 0 saturated carbocycles. The Hall–Kier alpha value is -1.14. The molecule has 0 aromatic heterocycles. The summed E-state index contributed by atoms with van der Waals surface area (Å²) in [5.41, 5.74) is 0.119. The van der Waals surface area contributed by atoms with E-state index in [1.807, 2.05) is 0 Å². The van der Waals surface area contributed by atoms with Crippen molar-refractivity contribution in [3.63, 3.8) is 0 Å². The predicted molar refractivity (Wildman–Crippen MR) is 61.6 cm³/mol. The molecule has 1 aromatic rings. The Labute approximate surface area is 112 Å². The number of hydrogen-bond donors (Lipinski definition) is 0. The molecular weight excluding hydrogens is 288 g/mol. The number of carbonyl (C=O) groups excluding carboxylic acids is 1. The van der Waals surface area contributed by atoms with Crippen molar-refractivity contribution < 1.29 is 27.1 Å². The number of halogens is 5. The maximum atomic E-state index is 13.4. The van der Waals surface area contributed by atoms with Crippen LogP contribution in [0.4, 0.5) is 17.6 Å². The Morgan fingerprint density at radius 2 is 2.00 bits per heavy atom. The van der Waals surface area contributed by atoms with Gasteiger partial charge < -0.3 is 4.74 Å². The molecule has 1 rings (SSSR count). The monoisotopic (exact) mass is 298 g/mol. The molecule has 0 aliphatic rings. The van der Waals surface area contributed by atoms with Gasteiger partial charge in [-0.25, -0.2) is 4.39 Å². The summed E-state index contributed by atoms with van der Waals surface area (Å²) >= 11 is 5.54. The van der Waals surface area contributed by atoms with Gasteiger partial charge in [-0.15, -0.1) is 0 Å². The summed E-state index contributed by atoms with van der Waals surface area (Å²) in [7, 11) is 0. The van der Waals surface area contributed by atoms with E-state index in [0.717, 1.165) is 0 Å². The molecule has 0 fully saturated rings. The van der Waals surface area contributed by atoms with E-state index in [1.165, 1.54) is 18.2 Å². The van der Waals surface area contributed by atoms with Crippen molar-refractivity contribution in [2.45, 2.75) is 19.0 Å². The highest BCUT2D eigenvalue weighted by atomic mass is 35.5. The minimum Gasteiger partial charge on any atom is -0.372 e. The van der Waals surface area contributed by atoms with E-state index < -0.39 is 24.4 Å². The number of rotatable bonds is 6. The fourth-order valence-corrected chi connectivity index (χ4v) is 1.55. The Morgan fingerprint density at radius 1 is 1.32 bits per heavy atom. The van der Waals surface area contributed by atoms with Crippen molar-refractivity contribution in [1.82, 2.24) is 0 Å². The lowest BCUT2D eigenvalue weighted by Gasteiger charge is -2.07. The van der Waals surface area contributed by atoms with Crippen LogP contribution in [-0.4, -0.2) is 25.2 Å². The van der Waals surface area contributed by atoms with E-state index in [0.29, 0.717) is 0 Å². The number of carbonyl (C=O) groups is 1. The van der Waals surface area contributed by atoms with Crippen LogP contribution in [0.3, 0.4) is 0 Å². The first kappa shape index (κ1) is 15.9. The maximum Gasteiger partial charge on any atom is 0.411 e. The summed E-state index contributed by atoms with van der Waals surface area (Å²) in [4.78, 5) is 11.4. The van der Waals surface area contributed by atoms with Gasteiger partial charge in [0.25, 0.3) is 0 Å². The molecule has 0 N–H and O–H groups in total. The second-order valence-electron chi connectivity index (χ2n) is 3.85. The predicted octanol–water partition coefficient (Wildman–Crippen LogP) is 3.56. The van der Waals surface area contributed by atoms with Crippen LogP contribution >= 0.6 is 11.6 Å². The van der Waals surface area contributed by atoms with Crippen LogP contribution in [-0.2, 0) is 16.0 Å². The molecule has 0 amide bonds. The van der Waals surface area contributed by atoms with Crippen LogP contribution in [0.15, 0.2) is 18.2 Å². The van der Waals surface area contributed by atoms with Crippen LogP contribution in [0, 0.1) is 5.82 Å². The summed E-state index contributed by atoms with van der Waals surface area (Å²) in [6.45, 7) is -1.74. The number of hydrogen-bond acceptors (Lipinski definition) is 2. The lowest BCUT2D eigenvalue weighted by atomic mass is 10.1. The van der Waals surface area contributed by atoms with Gasteiger partial charge in [0.1, 0.15) is 18.2 Å². The van der Waals surface area contributed by atoms with E-state index in [9.17, 15) is 22.4 Å². The third kappa shape index (κ3) is 6.02. The zero-order chi connectivity index (χ0) is 14.5. The summed E-state index contributed by atoms with van der Waals surface area (Å²) in [5.74, 6) is -1.10. The Balaban J connectivity index is 2.38. The lowest BCUT2D eigenvalue weighted by Crippen LogP contribution is -2.18. The highest BCUT2D eigenvalue weighted by Gasteiger charge is 2.27. The van der Waals surface area contributed by atoms with Gasteiger partial charge in [0.15, 0.2) is 0 Å². The molecule has 0 aliphatic heterocycles. The smallest absolute Gasteiger partial charge is 0.372 e. The average molecular weight is 299 g/mol. The van der Waals surface area contributed by atoms with Crippen molar-refractivity contribution in [2.75, 3.05) is 13.2 Å². The first-order chi connectivity index (χ1) is 8.79. The van der Waals surface area contributed by atoms with Gasteiger partial charge in [0.2, 0.25) is 0 Å². The molecule has 0 spiro atoms. The number of ether oxygens (including phenoxy) is 1. The van der Waals surface area contributed by atoms with Crippen LogP contribution in [0.5, 0.6) is 0 Å². The molecule has 0 aliphatic carbocycles. The van der Waals surface area contributed by atoms with Gasteiger partial charge in [0.05, 0.1) is 11.6 Å². The second-order valence-corrected chi connectivity index (χ2v) is 4.25. The van der Waals surface area contributed by atoms with Crippen LogP contribution in [0.2, 0.25) is 5.02 Å². The van der Waals surface area contributed by atoms with E-state index in [2.05, 4.69) is 4.74 Å². The average Bonchev–Trinajstić information content (AvgIpc) is 2.29. The number of benzene rings is 1. The minimum atomic E-state index is -4.41. The third-order valence-electron chi connectivity index (χ3n) is 2.21. The topological polar surface area (TPSA) is 26.3 Å². The van der Waals surface area contributed by atoms with E-state index in [1.54, 1.807) is 0 Å². The first-order valence-corrected chi connectivity index (χ1v) is 5.76. The van der Waals surface area contributed by atoms with E-state index in [-0.39, 0.29) is 30.0 Å². The van der Waals surface area contributed by atoms with Gasteiger partial charge in [-0.2, -0.15) is 13.2 Å². The highest BCUT2D eigenvalue weighted by Crippen LogP contribution is 2.19. The van der Waals surface area contributed by atoms with Crippen LogP contribution < -0.4 is 0 Å². The van der Waals surface area contributed by atoms with Gasteiger partial charge >= 0.3 is 6.18 Å². The van der Waals surface area contributed by atoms with Gasteiger partial charge in [0, 0.05) is 12.8 Å². The molecule has 0 radical (unpaired) electrons. The molecule has 0 saturated heterocycles. The quantitative estimate of drug-likeness (QED) is 0.593. The lowest BCUT2D eigenvalue weighted by molar-refractivity contribution is -0.174. The fraction of sp³-hybridized carbons (Fsp3) is 0.417. The number of Topliss-reactive ketones (excluding diaryl/α,β-unsaturated/α-hetero) is 1. The summed E-state index contributed by atoms with van der Waals surface area (Å²) < 4.78 is 53.0. The minimum absolute atomic E-state index is 0.0985. The SMILES string of the molecule is O=C(CCOCC(F)(F)F)Cc1cccc(Cl)c1F. The van der Waals surface area contributed by atoms with E-state index >= 15 is 0 Å². The molecule has 0 heterocycles. The van der Waals surface area contributed by atoms with Crippen molar-refractivity contribution in [2.24, 2.45) is 0 Å². The molecule has 19 heavy (non-hydrogen) atoms. The highest BCUT2D eigenvalue weighted by molar-refractivity contribution is 6.30. The van der Waals surface area contributed by atoms with Crippen molar-refractivity contribution in [3.05, 3.63) is 34.6 Å². The zero-order valence-electron chi connectivity index (χ0n) is 9.77. The Bertz CT molecular complexity index is 446. The van der Waals surface area contributed by atoms with Crippen molar-refractivity contribution in [3.8, 4) is 0 Å². The molecule has 7 heteroatoms. The van der Waals surface area contributed by atoms with E-state index in [4.69, 9.17) is 11.6 Å². The molecule has 0 unspecified atom stereocenters. The molecular formula is C12H11ClF4O2. The Morgan fingerprint density at radius 3 is 2.63 bits per heavy atom. The summed E-state index contributed by atoms with van der Waals surface area (Å²) in [6.07, 6.45) is -4.84. The van der Waals surface area contributed by atoms with Gasteiger partial charge in [-0.3, -0.25) is 4.79 Å². The summed E-state index contributed by atoms with van der Waals surface area (Å²) in [6, 6.07) is 4.24.